The van der Waals surface area contributed by atoms with Gasteiger partial charge in [0.25, 0.3) is 0 Å². The van der Waals surface area contributed by atoms with Gasteiger partial charge in [0.05, 0.1) is 24.6 Å². The number of carboxylic acids is 1. The molecule has 156 valence electrons. The average molecular weight is 405 g/mol. The predicted molar refractivity (Wildman–Crippen MR) is 120 cm³/mol. The Kier molecular flexibility index (Phi) is 6.91. The van der Waals surface area contributed by atoms with Gasteiger partial charge in [0.1, 0.15) is 5.75 Å². The van der Waals surface area contributed by atoms with E-state index in [9.17, 15) is 4.79 Å². The van der Waals surface area contributed by atoms with Gasteiger partial charge in [0.2, 0.25) is 0 Å². The van der Waals surface area contributed by atoms with Crippen LogP contribution in [0.15, 0.2) is 60.9 Å². The number of methoxy groups -OCH3 is 1. The minimum Gasteiger partial charge on any atom is -0.497 e. The molecule has 2 aromatic carbocycles. The summed E-state index contributed by atoms with van der Waals surface area (Å²) in [6.07, 6.45) is 6.68. The number of aromatic nitrogens is 1. The molecule has 0 amide bonds. The van der Waals surface area contributed by atoms with Crippen LogP contribution in [0.3, 0.4) is 0 Å². The Balaban J connectivity index is 0.000000199. The molecule has 0 bridgehead atoms. The first kappa shape index (κ1) is 21.2. The fraction of sp³-hybridized carbons (Fsp3) is 0.250. The standard InChI is InChI=1S/C17H19NO.C7H8N2O2/c1-18(15-8-10-17(19-2)11-9-15)16-7-6-13-4-3-5-14(13)12-16;1-8-6-4-9-3-2-5(6)7(10)11/h6-12H,3-5H2,1-2H3;2-4,8H,1H3,(H,10,11). The molecule has 4 rings (SSSR count). The molecule has 2 N–H and O–H groups in total. The van der Waals surface area contributed by atoms with Gasteiger partial charge in [-0.2, -0.15) is 0 Å². The van der Waals surface area contributed by atoms with Crippen LogP contribution in [0.1, 0.15) is 27.9 Å². The van der Waals surface area contributed by atoms with Crippen molar-refractivity contribution in [1.82, 2.24) is 4.98 Å². The van der Waals surface area contributed by atoms with Gasteiger partial charge in [0.15, 0.2) is 0 Å². The third kappa shape index (κ3) is 4.89. The van der Waals surface area contributed by atoms with Gasteiger partial charge in [-0.3, -0.25) is 4.98 Å². The van der Waals surface area contributed by atoms with Gasteiger partial charge in [-0.1, -0.05) is 6.07 Å². The second-order valence-electron chi connectivity index (χ2n) is 7.04. The number of carboxylic acid groups (broad SMARTS) is 1. The minimum absolute atomic E-state index is 0.238. The maximum Gasteiger partial charge on any atom is 0.337 e. The molecule has 1 heterocycles. The number of nitrogens with one attached hydrogen (secondary N) is 1. The molecule has 0 saturated carbocycles. The van der Waals surface area contributed by atoms with Crippen molar-refractivity contribution in [2.24, 2.45) is 0 Å². The third-order valence-corrected chi connectivity index (χ3v) is 5.25. The number of aromatic carboxylic acids is 1. The van der Waals surface area contributed by atoms with Crippen LogP contribution >= 0.6 is 0 Å². The molecule has 6 heteroatoms. The summed E-state index contributed by atoms with van der Waals surface area (Å²) in [4.78, 5) is 16.5. The number of aryl methyl sites for hydroxylation is 2. The van der Waals surface area contributed by atoms with Gasteiger partial charge < -0.3 is 20.1 Å². The lowest BCUT2D eigenvalue weighted by Crippen LogP contribution is -2.09. The number of nitrogens with zero attached hydrogens (tertiary/aromatic N) is 2. The Bertz CT molecular complexity index is 1000. The first-order valence-corrected chi connectivity index (χ1v) is 9.88. The third-order valence-electron chi connectivity index (χ3n) is 5.25. The summed E-state index contributed by atoms with van der Waals surface area (Å²) in [7, 11) is 5.46. The Hall–Kier alpha value is -3.54. The second kappa shape index (κ2) is 9.78. The molecule has 0 aliphatic heterocycles. The van der Waals surface area contributed by atoms with E-state index in [2.05, 4.69) is 52.6 Å². The highest BCUT2D eigenvalue weighted by atomic mass is 16.5. The molecule has 1 aliphatic rings. The van der Waals surface area contributed by atoms with E-state index in [1.165, 1.54) is 60.2 Å². The van der Waals surface area contributed by atoms with Crippen molar-refractivity contribution in [2.75, 3.05) is 31.4 Å². The zero-order valence-electron chi connectivity index (χ0n) is 17.6. The van der Waals surface area contributed by atoms with Gasteiger partial charge >= 0.3 is 5.97 Å². The SMILES string of the molecule is CNc1cnccc1C(=O)O.COc1ccc(N(C)c2ccc3c(c2)CCC3)cc1. The molecule has 6 nitrogen and oxygen atoms in total. The van der Waals surface area contributed by atoms with Crippen molar-refractivity contribution < 1.29 is 14.6 Å². The molecule has 1 aliphatic carbocycles. The summed E-state index contributed by atoms with van der Waals surface area (Å²) in [6.45, 7) is 0. The zero-order valence-corrected chi connectivity index (χ0v) is 17.6. The van der Waals surface area contributed by atoms with Gasteiger partial charge in [-0.05, 0) is 72.9 Å². The fourth-order valence-corrected chi connectivity index (χ4v) is 3.50. The minimum atomic E-state index is -0.947. The summed E-state index contributed by atoms with van der Waals surface area (Å²) >= 11 is 0. The molecule has 0 unspecified atom stereocenters. The average Bonchev–Trinajstić information content (AvgIpc) is 3.27. The molecule has 1 aromatic heterocycles. The molecule has 0 fully saturated rings. The van der Waals surface area contributed by atoms with Gasteiger partial charge in [0, 0.05) is 31.7 Å². The lowest BCUT2D eigenvalue weighted by molar-refractivity contribution is 0.0698. The monoisotopic (exact) mass is 405 g/mol. The lowest BCUT2D eigenvalue weighted by Gasteiger charge is -2.20. The van der Waals surface area contributed by atoms with E-state index in [4.69, 9.17) is 9.84 Å². The number of pyridine rings is 1. The summed E-state index contributed by atoms with van der Waals surface area (Å²) in [5, 5.41) is 11.4. The first-order valence-electron chi connectivity index (χ1n) is 9.88. The van der Waals surface area contributed by atoms with E-state index >= 15 is 0 Å². The molecule has 0 spiro atoms. The molecule has 0 radical (unpaired) electrons. The fourth-order valence-electron chi connectivity index (χ4n) is 3.50. The van der Waals surface area contributed by atoms with E-state index < -0.39 is 5.97 Å². The van der Waals surface area contributed by atoms with Gasteiger partial charge in [-0.25, -0.2) is 4.79 Å². The van der Waals surface area contributed by atoms with E-state index in [-0.39, 0.29) is 5.56 Å². The van der Waals surface area contributed by atoms with Crippen LogP contribution in [0, 0.1) is 0 Å². The van der Waals surface area contributed by atoms with Crippen molar-refractivity contribution in [3.63, 3.8) is 0 Å². The smallest absolute Gasteiger partial charge is 0.337 e. The molecular formula is C24H27N3O3. The van der Waals surface area contributed by atoms with Crippen LogP contribution in [0.25, 0.3) is 0 Å². The molecule has 0 saturated heterocycles. The first-order chi connectivity index (χ1) is 14.5. The van der Waals surface area contributed by atoms with E-state index in [0.717, 1.165) is 5.75 Å². The lowest BCUT2D eigenvalue weighted by atomic mass is 10.1. The number of rotatable bonds is 5. The Morgan fingerprint density at radius 2 is 1.77 bits per heavy atom. The normalized spacial score (nSPS) is 11.7. The number of fused-ring (bicyclic) bond motifs is 1. The van der Waals surface area contributed by atoms with Crippen LogP contribution in [0.4, 0.5) is 17.1 Å². The molecule has 3 aromatic rings. The molecular weight excluding hydrogens is 378 g/mol. The summed E-state index contributed by atoms with van der Waals surface area (Å²) in [5.41, 5.74) is 6.23. The molecule has 30 heavy (non-hydrogen) atoms. The van der Waals surface area contributed by atoms with Crippen LogP contribution in [-0.4, -0.2) is 37.3 Å². The topological polar surface area (TPSA) is 74.7 Å². The quantitative estimate of drug-likeness (QED) is 0.637. The van der Waals surface area contributed by atoms with Crippen molar-refractivity contribution in [2.45, 2.75) is 19.3 Å². The Morgan fingerprint density at radius 3 is 2.40 bits per heavy atom. The largest absolute Gasteiger partial charge is 0.497 e. The summed E-state index contributed by atoms with van der Waals surface area (Å²) in [6, 6.07) is 16.4. The number of hydrogen-bond donors (Lipinski definition) is 2. The number of hydrogen-bond acceptors (Lipinski definition) is 5. The molecule has 0 atom stereocenters. The predicted octanol–water partition coefficient (Wildman–Crippen LogP) is 4.77. The zero-order chi connectivity index (χ0) is 21.5. The highest BCUT2D eigenvalue weighted by molar-refractivity contribution is 5.93. The van der Waals surface area contributed by atoms with E-state index in [1.54, 1.807) is 14.2 Å². The number of ether oxygens (including phenoxy) is 1. The number of benzene rings is 2. The van der Waals surface area contributed by atoms with Crippen molar-refractivity contribution >= 4 is 23.0 Å². The van der Waals surface area contributed by atoms with Crippen LogP contribution in [0.2, 0.25) is 0 Å². The van der Waals surface area contributed by atoms with E-state index in [1.807, 2.05) is 12.1 Å². The maximum atomic E-state index is 10.5. The van der Waals surface area contributed by atoms with Crippen molar-refractivity contribution in [3.8, 4) is 5.75 Å². The number of carbonyl (C=O) groups is 1. The van der Waals surface area contributed by atoms with Crippen LogP contribution in [-0.2, 0) is 12.8 Å². The summed E-state index contributed by atoms with van der Waals surface area (Å²) < 4.78 is 5.20. The van der Waals surface area contributed by atoms with Crippen molar-refractivity contribution in [3.05, 3.63) is 77.6 Å². The second-order valence-corrected chi connectivity index (χ2v) is 7.04. The van der Waals surface area contributed by atoms with Crippen molar-refractivity contribution in [1.29, 1.82) is 0 Å². The Labute approximate surface area is 177 Å². The Morgan fingerprint density at radius 1 is 1.07 bits per heavy atom. The van der Waals surface area contributed by atoms with E-state index in [0.29, 0.717) is 5.69 Å². The van der Waals surface area contributed by atoms with Crippen LogP contribution in [0.5, 0.6) is 5.75 Å². The highest BCUT2D eigenvalue weighted by Crippen LogP contribution is 2.30. The van der Waals surface area contributed by atoms with Crippen LogP contribution < -0.4 is 15.0 Å². The van der Waals surface area contributed by atoms with Gasteiger partial charge in [-0.15, -0.1) is 0 Å². The maximum absolute atomic E-state index is 10.5. The highest BCUT2D eigenvalue weighted by Gasteiger charge is 2.13. The summed E-state index contributed by atoms with van der Waals surface area (Å²) in [5.74, 6) is -0.0529. The number of anilines is 3.